The molecule has 1 amide bonds. The number of methoxy groups -OCH3 is 1. The molecule has 3 aromatic rings. The molecule has 0 unspecified atom stereocenters. The summed E-state index contributed by atoms with van der Waals surface area (Å²) in [5.41, 5.74) is 11.4. The van der Waals surface area contributed by atoms with Gasteiger partial charge in [0.1, 0.15) is 11.6 Å². The molecular formula is C29H32N4O4. The maximum Gasteiger partial charge on any atom is 0.336 e. The number of amidine groups is 1. The summed E-state index contributed by atoms with van der Waals surface area (Å²) in [7, 11) is 1.45. The first-order valence-electron chi connectivity index (χ1n) is 12.2. The van der Waals surface area contributed by atoms with Gasteiger partial charge in [-0.3, -0.25) is 10.2 Å². The molecule has 1 aliphatic heterocycles. The molecule has 37 heavy (non-hydrogen) atoms. The van der Waals surface area contributed by atoms with Gasteiger partial charge in [0.15, 0.2) is 0 Å². The van der Waals surface area contributed by atoms with E-state index in [0.29, 0.717) is 35.5 Å². The van der Waals surface area contributed by atoms with Crippen LogP contribution in [0, 0.1) is 11.3 Å². The van der Waals surface area contributed by atoms with Crippen molar-refractivity contribution < 1.29 is 19.4 Å². The van der Waals surface area contributed by atoms with Crippen LogP contribution in [0.15, 0.2) is 54.6 Å². The second-order valence-electron chi connectivity index (χ2n) is 9.64. The molecular weight excluding hydrogens is 468 g/mol. The number of hydrogen-bond acceptors (Lipinski definition) is 5. The highest BCUT2D eigenvalue weighted by atomic mass is 16.5. The molecule has 0 bridgehead atoms. The van der Waals surface area contributed by atoms with Crippen molar-refractivity contribution in [1.82, 2.24) is 0 Å². The van der Waals surface area contributed by atoms with Crippen molar-refractivity contribution in [2.45, 2.75) is 33.2 Å². The van der Waals surface area contributed by atoms with Gasteiger partial charge in [0.2, 0.25) is 5.91 Å². The Morgan fingerprint density at radius 3 is 2.57 bits per heavy atom. The molecule has 0 saturated heterocycles. The van der Waals surface area contributed by atoms with Crippen molar-refractivity contribution in [2.24, 2.45) is 11.7 Å². The van der Waals surface area contributed by atoms with Crippen LogP contribution in [0.1, 0.15) is 47.3 Å². The lowest BCUT2D eigenvalue weighted by molar-refractivity contribution is -0.116. The quantitative estimate of drug-likeness (QED) is 0.245. The molecule has 4 rings (SSSR count). The van der Waals surface area contributed by atoms with Crippen LogP contribution in [0.3, 0.4) is 0 Å². The Labute approximate surface area is 216 Å². The van der Waals surface area contributed by atoms with E-state index in [0.717, 1.165) is 35.3 Å². The number of nitrogens with two attached hydrogens (primary N) is 1. The number of carboxylic acids is 1. The predicted octanol–water partition coefficient (Wildman–Crippen LogP) is 4.89. The third-order valence-corrected chi connectivity index (χ3v) is 6.49. The van der Waals surface area contributed by atoms with Gasteiger partial charge in [0, 0.05) is 30.8 Å². The molecule has 0 fully saturated rings. The van der Waals surface area contributed by atoms with Crippen LogP contribution >= 0.6 is 0 Å². The summed E-state index contributed by atoms with van der Waals surface area (Å²) in [4.78, 5) is 27.0. The van der Waals surface area contributed by atoms with Crippen LogP contribution in [0.25, 0.3) is 11.1 Å². The Morgan fingerprint density at radius 1 is 1.14 bits per heavy atom. The van der Waals surface area contributed by atoms with E-state index >= 15 is 0 Å². The van der Waals surface area contributed by atoms with E-state index in [2.05, 4.69) is 10.2 Å². The Bertz CT molecular complexity index is 1370. The van der Waals surface area contributed by atoms with E-state index in [9.17, 15) is 14.7 Å². The molecule has 0 spiro atoms. The number of carboxylic acid groups (broad SMARTS) is 1. The SMILES string of the molecule is COc1cc(C(=O)O)c(-c2ccccc2CN2CCc3cc(C(=N)N)ccc32)cc1NC(=O)CC(C)C. The van der Waals surface area contributed by atoms with Crippen molar-refractivity contribution in [2.75, 3.05) is 23.9 Å². The minimum absolute atomic E-state index is 0.0450. The zero-order valence-corrected chi connectivity index (χ0v) is 21.3. The van der Waals surface area contributed by atoms with Gasteiger partial charge in [0.25, 0.3) is 0 Å². The Balaban J connectivity index is 1.74. The normalized spacial score (nSPS) is 12.4. The summed E-state index contributed by atoms with van der Waals surface area (Å²) >= 11 is 0. The third kappa shape index (κ3) is 5.58. The van der Waals surface area contributed by atoms with Crippen LogP contribution in [0.5, 0.6) is 5.75 Å². The summed E-state index contributed by atoms with van der Waals surface area (Å²) in [6.07, 6.45) is 1.18. The van der Waals surface area contributed by atoms with Crippen molar-refractivity contribution in [3.8, 4) is 16.9 Å². The highest BCUT2D eigenvalue weighted by molar-refractivity contribution is 6.01. The molecule has 8 heteroatoms. The Kier molecular flexibility index (Phi) is 7.47. The van der Waals surface area contributed by atoms with E-state index in [1.54, 1.807) is 6.07 Å². The number of nitrogen functional groups attached to an aromatic ring is 1. The Hall–Kier alpha value is -4.33. The van der Waals surface area contributed by atoms with E-state index in [4.69, 9.17) is 15.9 Å². The lowest BCUT2D eigenvalue weighted by Gasteiger charge is -2.23. The summed E-state index contributed by atoms with van der Waals surface area (Å²) in [6.45, 7) is 5.30. The van der Waals surface area contributed by atoms with Crippen molar-refractivity contribution in [3.63, 3.8) is 0 Å². The lowest BCUT2D eigenvalue weighted by Crippen LogP contribution is -2.20. The molecule has 5 N–H and O–H groups in total. The average Bonchev–Trinajstić information content (AvgIpc) is 3.25. The van der Waals surface area contributed by atoms with Gasteiger partial charge in [-0.05, 0) is 64.9 Å². The van der Waals surface area contributed by atoms with Gasteiger partial charge < -0.3 is 25.8 Å². The molecule has 0 aliphatic carbocycles. The number of nitrogens with zero attached hydrogens (tertiary/aromatic N) is 1. The van der Waals surface area contributed by atoms with Crippen molar-refractivity contribution >= 4 is 29.1 Å². The van der Waals surface area contributed by atoms with Gasteiger partial charge in [-0.15, -0.1) is 0 Å². The zero-order chi connectivity index (χ0) is 26.7. The molecule has 0 atom stereocenters. The van der Waals surface area contributed by atoms with Crippen LogP contribution in [0.4, 0.5) is 11.4 Å². The lowest BCUT2D eigenvalue weighted by atomic mass is 9.94. The molecule has 3 aromatic carbocycles. The standard InChI is InChI=1S/C29H32N4O4/c1-17(2)12-27(34)32-24-14-22(23(29(35)36)15-26(24)37-3)21-7-5-4-6-20(21)16-33-11-10-18-13-19(28(30)31)8-9-25(18)33/h4-9,13-15,17H,10-12,16H2,1-3H3,(H3,30,31)(H,32,34)(H,35,36). The molecule has 8 nitrogen and oxygen atoms in total. The predicted molar refractivity (Wildman–Crippen MR) is 146 cm³/mol. The Morgan fingerprint density at radius 2 is 1.89 bits per heavy atom. The maximum absolute atomic E-state index is 12.5. The highest BCUT2D eigenvalue weighted by Gasteiger charge is 2.24. The van der Waals surface area contributed by atoms with E-state index in [1.807, 2.05) is 56.3 Å². The van der Waals surface area contributed by atoms with Crippen LogP contribution in [-0.2, 0) is 17.8 Å². The first-order valence-corrected chi connectivity index (χ1v) is 12.2. The van der Waals surface area contributed by atoms with E-state index in [1.165, 1.54) is 13.2 Å². The van der Waals surface area contributed by atoms with Gasteiger partial charge in [-0.1, -0.05) is 38.1 Å². The number of amides is 1. The van der Waals surface area contributed by atoms with Gasteiger partial charge in [0.05, 0.1) is 18.4 Å². The van der Waals surface area contributed by atoms with Crippen molar-refractivity contribution in [1.29, 1.82) is 5.41 Å². The van der Waals surface area contributed by atoms with Gasteiger partial charge in [-0.2, -0.15) is 0 Å². The van der Waals surface area contributed by atoms with Crippen LogP contribution in [-0.4, -0.2) is 36.5 Å². The number of ether oxygens (including phenoxy) is 1. The molecule has 0 aromatic heterocycles. The maximum atomic E-state index is 12.5. The van der Waals surface area contributed by atoms with Crippen LogP contribution in [0.2, 0.25) is 0 Å². The number of carbonyl (C=O) groups excluding carboxylic acids is 1. The average molecular weight is 501 g/mol. The molecule has 1 heterocycles. The number of rotatable bonds is 9. The number of hydrogen-bond donors (Lipinski definition) is 4. The smallest absolute Gasteiger partial charge is 0.336 e. The number of benzene rings is 3. The fourth-order valence-corrected chi connectivity index (χ4v) is 4.75. The first kappa shape index (κ1) is 25.8. The second-order valence-corrected chi connectivity index (χ2v) is 9.64. The summed E-state index contributed by atoms with van der Waals surface area (Å²) in [5, 5.41) is 20.6. The molecule has 1 aliphatic rings. The zero-order valence-electron chi connectivity index (χ0n) is 21.3. The van der Waals surface area contributed by atoms with E-state index < -0.39 is 5.97 Å². The number of fused-ring (bicyclic) bond motifs is 1. The third-order valence-electron chi connectivity index (χ3n) is 6.49. The molecule has 0 saturated carbocycles. The van der Waals surface area contributed by atoms with E-state index in [-0.39, 0.29) is 23.2 Å². The van der Waals surface area contributed by atoms with Crippen LogP contribution < -0.4 is 20.7 Å². The number of aromatic carboxylic acids is 1. The topological polar surface area (TPSA) is 129 Å². The molecule has 0 radical (unpaired) electrons. The van der Waals surface area contributed by atoms with Gasteiger partial charge >= 0.3 is 5.97 Å². The fraction of sp³-hybridized carbons (Fsp3) is 0.276. The monoisotopic (exact) mass is 500 g/mol. The van der Waals surface area contributed by atoms with Gasteiger partial charge in [-0.25, -0.2) is 4.79 Å². The first-order chi connectivity index (χ1) is 17.7. The minimum atomic E-state index is -1.08. The number of anilines is 2. The minimum Gasteiger partial charge on any atom is -0.495 e. The number of carbonyl (C=O) groups is 2. The summed E-state index contributed by atoms with van der Waals surface area (Å²) in [5.74, 6) is -0.714. The summed E-state index contributed by atoms with van der Waals surface area (Å²) < 4.78 is 5.43. The van der Waals surface area contributed by atoms with Crippen molar-refractivity contribution in [3.05, 3.63) is 76.9 Å². The summed E-state index contributed by atoms with van der Waals surface area (Å²) in [6, 6.07) is 16.7. The fourth-order valence-electron chi connectivity index (χ4n) is 4.75. The largest absolute Gasteiger partial charge is 0.495 e. The second kappa shape index (κ2) is 10.7. The highest BCUT2D eigenvalue weighted by Crippen LogP contribution is 2.38. The molecule has 192 valence electrons. The number of nitrogens with one attached hydrogen (secondary N) is 2.